The first-order valence-electron chi connectivity index (χ1n) is 4.15. The number of hydrogen-bond donors (Lipinski definition) is 0. The van der Waals surface area contributed by atoms with E-state index in [1.807, 2.05) is 24.3 Å². The van der Waals surface area contributed by atoms with Crippen LogP contribution in [-0.2, 0) is 6.42 Å². The number of unbranched alkanes of at least 4 members (excludes halogenated alkanes) is 1. The van der Waals surface area contributed by atoms with Crippen LogP contribution in [0, 0.1) is 18.3 Å². The summed E-state index contributed by atoms with van der Waals surface area (Å²) >= 11 is 0. The quantitative estimate of drug-likeness (QED) is 0.663. The minimum absolute atomic E-state index is 0.730. The van der Waals surface area contributed by atoms with Gasteiger partial charge in [-0.3, -0.25) is 0 Å². The fourth-order valence-electron chi connectivity index (χ4n) is 1.08. The zero-order valence-corrected chi connectivity index (χ0v) is 7.09. The van der Waals surface area contributed by atoms with E-state index in [0.717, 1.165) is 24.8 Å². The Hall–Kier alpha value is -1.29. The summed E-state index contributed by atoms with van der Waals surface area (Å²) in [6.45, 7) is 3.78. The van der Waals surface area contributed by atoms with Crippen LogP contribution in [-0.4, -0.2) is 0 Å². The normalized spacial score (nSPS) is 9.33. The molecule has 0 aliphatic heterocycles. The summed E-state index contributed by atoms with van der Waals surface area (Å²) in [5, 5.41) is 8.54. The Morgan fingerprint density at radius 3 is 2.42 bits per heavy atom. The highest BCUT2D eigenvalue weighted by Crippen LogP contribution is 2.06. The molecule has 1 heteroatoms. The molecule has 1 aromatic carbocycles. The van der Waals surface area contributed by atoms with Gasteiger partial charge in [-0.25, -0.2) is 0 Å². The Morgan fingerprint density at radius 2 is 1.92 bits per heavy atom. The summed E-state index contributed by atoms with van der Waals surface area (Å²) in [5.74, 6) is 0. The van der Waals surface area contributed by atoms with Crippen molar-refractivity contribution in [3.8, 4) is 6.07 Å². The predicted octanol–water partition coefficient (Wildman–Crippen LogP) is 2.72. The van der Waals surface area contributed by atoms with Crippen LogP contribution in [0.3, 0.4) is 0 Å². The van der Waals surface area contributed by atoms with Crippen LogP contribution < -0.4 is 0 Å². The van der Waals surface area contributed by atoms with Crippen LogP contribution in [0.15, 0.2) is 24.3 Å². The van der Waals surface area contributed by atoms with E-state index < -0.39 is 0 Å². The molecule has 0 saturated carbocycles. The van der Waals surface area contributed by atoms with E-state index in [9.17, 15) is 0 Å². The van der Waals surface area contributed by atoms with Gasteiger partial charge in [-0.2, -0.15) is 5.26 Å². The number of hydrogen-bond acceptors (Lipinski definition) is 1. The van der Waals surface area contributed by atoms with Gasteiger partial charge in [0.2, 0.25) is 0 Å². The van der Waals surface area contributed by atoms with Crippen LogP contribution in [0.2, 0.25) is 0 Å². The fraction of sp³-hybridized carbons (Fsp3) is 0.273. The maximum atomic E-state index is 8.54. The largest absolute Gasteiger partial charge is 0.192 e. The highest BCUT2D eigenvalue weighted by Gasteiger charge is 1.92. The minimum Gasteiger partial charge on any atom is -0.192 e. The third-order valence-electron chi connectivity index (χ3n) is 1.80. The Bertz CT molecular complexity index is 266. The first-order valence-corrected chi connectivity index (χ1v) is 4.15. The van der Waals surface area contributed by atoms with Gasteiger partial charge in [0, 0.05) is 0 Å². The molecule has 12 heavy (non-hydrogen) atoms. The summed E-state index contributed by atoms with van der Waals surface area (Å²) < 4.78 is 0. The average Bonchev–Trinajstić information content (AvgIpc) is 2.15. The van der Waals surface area contributed by atoms with Crippen molar-refractivity contribution in [2.75, 3.05) is 0 Å². The van der Waals surface area contributed by atoms with Gasteiger partial charge in [-0.1, -0.05) is 25.5 Å². The van der Waals surface area contributed by atoms with Crippen molar-refractivity contribution in [3.05, 3.63) is 42.3 Å². The standard InChI is InChI=1S/C11H12N/c1-2-3-4-10-5-7-11(9-12)8-6-10/h5-8H,1-4H2. The second-order valence-corrected chi connectivity index (χ2v) is 2.77. The van der Waals surface area contributed by atoms with Gasteiger partial charge >= 0.3 is 0 Å². The zero-order chi connectivity index (χ0) is 8.81. The molecule has 0 N–H and O–H groups in total. The molecule has 0 aromatic heterocycles. The summed E-state index contributed by atoms with van der Waals surface area (Å²) in [5.41, 5.74) is 2.02. The van der Waals surface area contributed by atoms with Gasteiger partial charge in [0.1, 0.15) is 0 Å². The van der Waals surface area contributed by atoms with E-state index >= 15 is 0 Å². The van der Waals surface area contributed by atoms with E-state index in [4.69, 9.17) is 5.26 Å². The molecule has 61 valence electrons. The minimum atomic E-state index is 0.730. The topological polar surface area (TPSA) is 23.8 Å². The van der Waals surface area contributed by atoms with Crippen molar-refractivity contribution < 1.29 is 0 Å². The Kier molecular flexibility index (Phi) is 3.35. The maximum absolute atomic E-state index is 8.54. The van der Waals surface area contributed by atoms with Gasteiger partial charge in [0.05, 0.1) is 11.6 Å². The molecule has 0 amide bonds. The van der Waals surface area contributed by atoms with E-state index in [1.165, 1.54) is 5.56 Å². The third-order valence-corrected chi connectivity index (χ3v) is 1.80. The zero-order valence-electron chi connectivity index (χ0n) is 7.09. The highest BCUT2D eigenvalue weighted by atomic mass is 14.2. The van der Waals surface area contributed by atoms with Gasteiger partial charge in [0.15, 0.2) is 0 Å². The molecular formula is C11H12N. The second-order valence-electron chi connectivity index (χ2n) is 2.77. The van der Waals surface area contributed by atoms with Gasteiger partial charge in [0.25, 0.3) is 0 Å². The SMILES string of the molecule is [CH2]CCCc1ccc(C#N)cc1. The summed E-state index contributed by atoms with van der Waals surface area (Å²) in [7, 11) is 0. The molecule has 0 heterocycles. The second kappa shape index (κ2) is 4.56. The van der Waals surface area contributed by atoms with Crippen molar-refractivity contribution in [1.29, 1.82) is 5.26 Å². The molecule has 1 radical (unpaired) electrons. The lowest BCUT2D eigenvalue weighted by Gasteiger charge is -1.98. The monoisotopic (exact) mass is 158 g/mol. The molecule has 1 nitrogen and oxygen atoms in total. The van der Waals surface area contributed by atoms with Crippen molar-refractivity contribution in [3.63, 3.8) is 0 Å². The number of nitriles is 1. The smallest absolute Gasteiger partial charge is 0.0991 e. The first kappa shape index (κ1) is 8.80. The molecule has 0 saturated heterocycles. The van der Waals surface area contributed by atoms with Gasteiger partial charge in [-0.05, 0) is 30.5 Å². The molecule has 0 aliphatic rings. The predicted molar refractivity (Wildman–Crippen MR) is 49.5 cm³/mol. The van der Waals surface area contributed by atoms with E-state index in [0.29, 0.717) is 0 Å². The molecular weight excluding hydrogens is 146 g/mol. The fourth-order valence-corrected chi connectivity index (χ4v) is 1.08. The van der Waals surface area contributed by atoms with Crippen molar-refractivity contribution in [2.45, 2.75) is 19.3 Å². The van der Waals surface area contributed by atoms with E-state index in [2.05, 4.69) is 13.0 Å². The molecule has 0 unspecified atom stereocenters. The maximum Gasteiger partial charge on any atom is 0.0991 e. The van der Waals surface area contributed by atoms with Crippen molar-refractivity contribution in [2.24, 2.45) is 0 Å². The lowest BCUT2D eigenvalue weighted by atomic mass is 10.1. The molecule has 0 bridgehead atoms. The van der Waals surface area contributed by atoms with Crippen LogP contribution in [0.4, 0.5) is 0 Å². The van der Waals surface area contributed by atoms with E-state index in [-0.39, 0.29) is 0 Å². The number of aryl methyl sites for hydroxylation is 1. The third kappa shape index (κ3) is 2.39. The van der Waals surface area contributed by atoms with Gasteiger partial charge < -0.3 is 0 Å². The molecule has 0 atom stereocenters. The van der Waals surface area contributed by atoms with Crippen LogP contribution in [0.5, 0.6) is 0 Å². The van der Waals surface area contributed by atoms with Crippen LogP contribution >= 0.6 is 0 Å². The summed E-state index contributed by atoms with van der Waals surface area (Å²) in [6.07, 6.45) is 3.15. The first-order chi connectivity index (χ1) is 5.86. The van der Waals surface area contributed by atoms with Crippen LogP contribution in [0.25, 0.3) is 0 Å². The Labute approximate surface area is 73.6 Å². The van der Waals surface area contributed by atoms with Crippen molar-refractivity contribution in [1.82, 2.24) is 0 Å². The Balaban J connectivity index is 2.60. The molecule has 0 spiro atoms. The van der Waals surface area contributed by atoms with E-state index in [1.54, 1.807) is 0 Å². The lowest BCUT2D eigenvalue weighted by molar-refractivity contribution is 0.841. The molecule has 1 rings (SSSR count). The average molecular weight is 158 g/mol. The number of nitrogens with zero attached hydrogens (tertiary/aromatic N) is 1. The summed E-state index contributed by atoms with van der Waals surface area (Å²) in [6, 6.07) is 9.83. The van der Waals surface area contributed by atoms with Crippen LogP contribution in [0.1, 0.15) is 24.0 Å². The number of rotatable bonds is 3. The van der Waals surface area contributed by atoms with Gasteiger partial charge in [-0.15, -0.1) is 0 Å². The van der Waals surface area contributed by atoms with Crippen molar-refractivity contribution >= 4 is 0 Å². The highest BCUT2D eigenvalue weighted by molar-refractivity contribution is 5.31. The Morgan fingerprint density at radius 1 is 1.25 bits per heavy atom. The molecule has 0 aliphatic carbocycles. The molecule has 0 fully saturated rings. The summed E-state index contributed by atoms with van der Waals surface area (Å²) in [4.78, 5) is 0. The molecule has 1 aromatic rings. The number of benzene rings is 1. The lowest BCUT2D eigenvalue weighted by Crippen LogP contribution is -1.84.